The summed E-state index contributed by atoms with van der Waals surface area (Å²) >= 11 is 0. The molecule has 4 rings (SSSR count). The lowest BCUT2D eigenvalue weighted by molar-refractivity contribution is 0.210. The first-order valence-electron chi connectivity index (χ1n) is 12.2. The normalized spacial score (nSPS) is 10.9. The van der Waals surface area contributed by atoms with Gasteiger partial charge in [0.15, 0.2) is 0 Å². The Balaban J connectivity index is 1.20. The summed E-state index contributed by atoms with van der Waals surface area (Å²) in [4.78, 5) is 15.7. The van der Waals surface area contributed by atoms with Gasteiger partial charge in [-0.25, -0.2) is 4.79 Å². The Morgan fingerprint density at radius 1 is 0.857 bits per heavy atom. The van der Waals surface area contributed by atoms with Gasteiger partial charge in [-0.3, -0.25) is 9.67 Å². The minimum atomic E-state index is -0.783. The van der Waals surface area contributed by atoms with Crippen LogP contribution in [0.3, 0.4) is 0 Å². The third kappa shape index (κ3) is 6.99. The van der Waals surface area contributed by atoms with E-state index < -0.39 is 6.09 Å². The van der Waals surface area contributed by atoms with Gasteiger partial charge in [0.1, 0.15) is 11.4 Å². The molecule has 0 saturated heterocycles. The van der Waals surface area contributed by atoms with Crippen molar-refractivity contribution in [2.45, 2.75) is 51.5 Å². The summed E-state index contributed by atoms with van der Waals surface area (Å²) in [5.41, 5.74) is 10.1. The summed E-state index contributed by atoms with van der Waals surface area (Å²) in [6, 6.07) is 19.8. The molecule has 180 valence electrons. The van der Waals surface area contributed by atoms with Crippen molar-refractivity contribution in [2.24, 2.45) is 5.73 Å². The number of primary amides is 1. The molecule has 4 aromatic rings. The van der Waals surface area contributed by atoms with E-state index in [-0.39, 0.29) is 0 Å². The number of ether oxygens (including phenoxy) is 1. The van der Waals surface area contributed by atoms with Crippen molar-refractivity contribution in [1.82, 2.24) is 20.0 Å². The number of nitrogens with zero attached hydrogens (tertiary/aromatic N) is 4. The fraction of sp³-hybridized carbons (Fsp3) is 0.286. The van der Waals surface area contributed by atoms with Crippen LogP contribution in [0.25, 0.3) is 22.4 Å². The van der Waals surface area contributed by atoms with E-state index in [1.54, 1.807) is 12.4 Å². The van der Waals surface area contributed by atoms with E-state index in [1.807, 2.05) is 71.5 Å². The lowest BCUT2D eigenvalue weighted by Crippen LogP contribution is -2.17. The van der Waals surface area contributed by atoms with E-state index in [2.05, 4.69) is 15.3 Å². The van der Waals surface area contributed by atoms with Crippen LogP contribution in [-0.2, 0) is 13.0 Å². The molecule has 0 unspecified atom stereocenters. The number of aromatic nitrogens is 4. The predicted octanol–water partition coefficient (Wildman–Crippen LogP) is 6.05. The minimum absolute atomic E-state index is 0.574. The van der Waals surface area contributed by atoms with Crippen LogP contribution in [0.4, 0.5) is 4.79 Å². The molecule has 0 atom stereocenters. The molecule has 0 aliphatic carbocycles. The van der Waals surface area contributed by atoms with Gasteiger partial charge in [0.25, 0.3) is 0 Å². The second kappa shape index (κ2) is 12.5. The number of hydrogen-bond donors (Lipinski definition) is 1. The number of hydrogen-bond acceptors (Lipinski definition) is 5. The highest BCUT2D eigenvalue weighted by molar-refractivity contribution is 5.77. The molecule has 35 heavy (non-hydrogen) atoms. The van der Waals surface area contributed by atoms with E-state index >= 15 is 0 Å². The molecular weight excluding hydrogens is 438 g/mol. The average Bonchev–Trinajstić information content (AvgIpc) is 3.36. The summed E-state index contributed by atoms with van der Waals surface area (Å²) < 4.78 is 7.34. The van der Waals surface area contributed by atoms with E-state index in [0.717, 1.165) is 66.6 Å². The summed E-state index contributed by atoms with van der Waals surface area (Å²) in [7, 11) is 0. The second-order valence-electron chi connectivity index (χ2n) is 8.56. The van der Waals surface area contributed by atoms with Gasteiger partial charge in [-0.1, -0.05) is 79.4 Å². The van der Waals surface area contributed by atoms with Crippen LogP contribution in [0.1, 0.15) is 44.1 Å². The Hall–Kier alpha value is -4.00. The highest BCUT2D eigenvalue weighted by Crippen LogP contribution is 2.34. The van der Waals surface area contributed by atoms with Crippen molar-refractivity contribution < 1.29 is 9.53 Å². The monoisotopic (exact) mass is 469 g/mol. The maximum Gasteiger partial charge on any atom is 0.409 e. The fourth-order valence-electron chi connectivity index (χ4n) is 4.20. The maximum absolute atomic E-state index is 11.5. The van der Waals surface area contributed by atoms with Gasteiger partial charge in [0.05, 0.1) is 6.20 Å². The first-order valence-corrected chi connectivity index (χ1v) is 12.2. The van der Waals surface area contributed by atoms with Crippen molar-refractivity contribution in [3.05, 3.63) is 84.8 Å². The minimum Gasteiger partial charge on any atom is -0.410 e. The summed E-state index contributed by atoms with van der Waals surface area (Å²) in [5.74, 6) is 0.574. The molecule has 0 saturated carbocycles. The molecule has 0 fully saturated rings. The van der Waals surface area contributed by atoms with Crippen molar-refractivity contribution >= 4 is 6.09 Å². The number of para-hydroxylation sites is 1. The van der Waals surface area contributed by atoms with Crippen molar-refractivity contribution in [3.63, 3.8) is 0 Å². The molecule has 0 radical (unpaired) electrons. The average molecular weight is 470 g/mol. The molecule has 0 aliphatic heterocycles. The number of amides is 1. The van der Waals surface area contributed by atoms with Crippen LogP contribution in [0.5, 0.6) is 5.75 Å². The van der Waals surface area contributed by atoms with Gasteiger partial charge in [0, 0.05) is 30.1 Å². The van der Waals surface area contributed by atoms with Gasteiger partial charge >= 0.3 is 6.09 Å². The van der Waals surface area contributed by atoms with E-state index in [4.69, 9.17) is 10.5 Å². The Bertz CT molecular complexity index is 1210. The zero-order valence-corrected chi connectivity index (χ0v) is 19.8. The van der Waals surface area contributed by atoms with Gasteiger partial charge in [-0.15, -0.1) is 5.10 Å². The zero-order valence-electron chi connectivity index (χ0n) is 19.8. The smallest absolute Gasteiger partial charge is 0.409 e. The third-order valence-corrected chi connectivity index (χ3v) is 5.96. The highest BCUT2D eigenvalue weighted by Gasteiger charge is 2.14. The molecule has 0 bridgehead atoms. The first kappa shape index (κ1) is 24.1. The van der Waals surface area contributed by atoms with Crippen molar-refractivity contribution in [3.8, 4) is 28.1 Å². The second-order valence-corrected chi connectivity index (χ2v) is 8.56. The fourth-order valence-corrected chi connectivity index (χ4v) is 4.20. The predicted molar refractivity (Wildman–Crippen MR) is 137 cm³/mol. The Labute approximate surface area is 206 Å². The highest BCUT2D eigenvalue weighted by atomic mass is 16.5. The first-order chi connectivity index (χ1) is 17.2. The van der Waals surface area contributed by atoms with Crippen molar-refractivity contribution in [2.75, 3.05) is 0 Å². The molecule has 7 heteroatoms. The summed E-state index contributed by atoms with van der Waals surface area (Å²) in [6.07, 6.45) is 12.3. The maximum atomic E-state index is 11.5. The molecular formula is C28H31N5O2. The molecule has 2 N–H and O–H groups in total. The number of carbonyl (C=O) groups is 1. The van der Waals surface area contributed by atoms with E-state index in [1.165, 1.54) is 12.8 Å². The van der Waals surface area contributed by atoms with Gasteiger partial charge < -0.3 is 10.5 Å². The van der Waals surface area contributed by atoms with Crippen LogP contribution in [0, 0.1) is 0 Å². The number of aryl methyl sites for hydroxylation is 2. The van der Waals surface area contributed by atoms with E-state index in [9.17, 15) is 4.79 Å². The van der Waals surface area contributed by atoms with E-state index in [0.29, 0.717) is 5.75 Å². The number of rotatable bonds is 12. The topological polar surface area (TPSA) is 95.9 Å². The van der Waals surface area contributed by atoms with Crippen LogP contribution >= 0.6 is 0 Å². The Kier molecular flexibility index (Phi) is 8.59. The SMILES string of the molecule is NC(=O)Oc1c(CCCCCCCCn2cc(-c3cccnc3)nn2)cccc1-c1ccccc1. The van der Waals surface area contributed by atoms with Gasteiger partial charge in [0.2, 0.25) is 0 Å². The van der Waals surface area contributed by atoms with Gasteiger partial charge in [-0.05, 0) is 42.5 Å². The summed E-state index contributed by atoms with van der Waals surface area (Å²) in [5, 5.41) is 8.46. The third-order valence-electron chi connectivity index (χ3n) is 5.96. The number of nitrogens with two attached hydrogens (primary N) is 1. The Morgan fingerprint density at radius 2 is 1.63 bits per heavy atom. The van der Waals surface area contributed by atoms with Crippen LogP contribution in [0.15, 0.2) is 79.3 Å². The van der Waals surface area contributed by atoms with Crippen LogP contribution in [0.2, 0.25) is 0 Å². The molecule has 2 heterocycles. The molecule has 0 spiro atoms. The number of pyridine rings is 1. The van der Waals surface area contributed by atoms with Crippen molar-refractivity contribution in [1.29, 1.82) is 0 Å². The van der Waals surface area contributed by atoms with Crippen LogP contribution < -0.4 is 10.5 Å². The zero-order chi connectivity index (χ0) is 24.3. The standard InChI is InChI=1S/C28H31N5O2/c29-28(34)35-27-23(15-10-17-25(27)22-12-7-5-8-13-22)14-6-3-1-2-4-9-19-33-21-26(31-32-33)24-16-11-18-30-20-24/h5,7-8,10-13,15-18,20-21H,1-4,6,9,14,19H2,(H2,29,34). The molecule has 2 aromatic carbocycles. The quantitative estimate of drug-likeness (QED) is 0.255. The van der Waals surface area contributed by atoms with Gasteiger partial charge in [-0.2, -0.15) is 0 Å². The lowest BCUT2D eigenvalue weighted by atomic mass is 9.98. The molecule has 0 aliphatic rings. The number of carbonyl (C=O) groups excluding carboxylic acids is 1. The summed E-state index contributed by atoms with van der Waals surface area (Å²) in [6.45, 7) is 0.868. The molecule has 1 amide bonds. The molecule has 7 nitrogen and oxygen atoms in total. The number of benzene rings is 2. The molecule has 2 aromatic heterocycles. The Morgan fingerprint density at radius 3 is 2.40 bits per heavy atom. The number of unbranched alkanes of at least 4 members (excludes halogenated alkanes) is 5. The lowest BCUT2D eigenvalue weighted by Gasteiger charge is -2.14. The van der Waals surface area contributed by atoms with Crippen LogP contribution in [-0.4, -0.2) is 26.1 Å². The largest absolute Gasteiger partial charge is 0.410 e.